The third kappa shape index (κ3) is 1.91. The normalized spacial score (nSPS) is 13.6. The summed E-state index contributed by atoms with van der Waals surface area (Å²) in [6.07, 6.45) is 0. The van der Waals surface area contributed by atoms with E-state index < -0.39 is 55.0 Å². The maximum atomic E-state index is 12.4. The van der Waals surface area contributed by atoms with Gasteiger partial charge < -0.3 is 15.3 Å². The van der Waals surface area contributed by atoms with Gasteiger partial charge in [-0.1, -0.05) is 24.3 Å². The molecule has 0 aliphatic heterocycles. The van der Waals surface area contributed by atoms with Crippen molar-refractivity contribution in [2.24, 2.45) is 0 Å². The highest BCUT2D eigenvalue weighted by molar-refractivity contribution is 7.86. The zero-order valence-electron chi connectivity index (χ0n) is 11.1. The summed E-state index contributed by atoms with van der Waals surface area (Å²) in [5.74, 6) is -5.72. The Bertz CT molecular complexity index is 1000. The van der Waals surface area contributed by atoms with Crippen molar-refractivity contribution in [2.75, 3.05) is 0 Å². The van der Waals surface area contributed by atoms with Gasteiger partial charge in [0, 0.05) is 11.1 Å². The Morgan fingerprint density at radius 2 is 1.17 bits per heavy atom. The molecular formula is C14H8O8S. The van der Waals surface area contributed by atoms with Crippen LogP contribution in [-0.4, -0.2) is 39.9 Å². The monoisotopic (exact) mass is 336 g/mol. The van der Waals surface area contributed by atoms with E-state index in [-0.39, 0.29) is 11.1 Å². The molecule has 0 saturated heterocycles. The quantitative estimate of drug-likeness (QED) is 0.290. The SMILES string of the molecule is O=C1c2ccccc2C(=O)c2c(O)c(S(=O)(=O)O)c(O)c(O)c21. The molecule has 4 N–H and O–H groups in total. The van der Waals surface area contributed by atoms with E-state index in [4.69, 9.17) is 4.55 Å². The summed E-state index contributed by atoms with van der Waals surface area (Å²) in [4.78, 5) is 23.4. The predicted octanol–water partition coefficient (Wildman–Crippen LogP) is 0.825. The Balaban J connectivity index is 2.50. The number of hydrogen-bond acceptors (Lipinski definition) is 7. The van der Waals surface area contributed by atoms with Gasteiger partial charge in [-0.25, -0.2) is 0 Å². The third-order valence-corrected chi connectivity index (χ3v) is 4.41. The summed E-state index contributed by atoms with van der Waals surface area (Å²) in [5.41, 5.74) is -1.70. The van der Waals surface area contributed by atoms with Crippen molar-refractivity contribution in [1.29, 1.82) is 0 Å². The average molecular weight is 336 g/mol. The fourth-order valence-corrected chi connectivity index (χ4v) is 3.21. The number of fused-ring (bicyclic) bond motifs is 2. The van der Waals surface area contributed by atoms with E-state index in [0.29, 0.717) is 0 Å². The zero-order valence-corrected chi connectivity index (χ0v) is 12.0. The van der Waals surface area contributed by atoms with E-state index in [0.717, 1.165) is 0 Å². The lowest BCUT2D eigenvalue weighted by atomic mass is 9.83. The molecular weight excluding hydrogens is 328 g/mol. The highest BCUT2D eigenvalue weighted by atomic mass is 32.2. The number of hydrogen-bond donors (Lipinski definition) is 4. The Morgan fingerprint density at radius 1 is 0.739 bits per heavy atom. The van der Waals surface area contributed by atoms with Crippen LogP contribution in [0.4, 0.5) is 0 Å². The molecule has 0 unspecified atom stereocenters. The molecule has 3 rings (SSSR count). The van der Waals surface area contributed by atoms with Crippen molar-refractivity contribution in [1.82, 2.24) is 0 Å². The first-order valence-electron chi connectivity index (χ1n) is 6.13. The van der Waals surface area contributed by atoms with Crippen LogP contribution in [-0.2, 0) is 10.1 Å². The fraction of sp³-hybridized carbons (Fsp3) is 0. The molecule has 1 aliphatic rings. The maximum absolute atomic E-state index is 12.4. The van der Waals surface area contributed by atoms with Gasteiger partial charge in [-0.3, -0.25) is 14.1 Å². The van der Waals surface area contributed by atoms with Gasteiger partial charge >= 0.3 is 10.1 Å². The summed E-state index contributed by atoms with van der Waals surface area (Å²) >= 11 is 0. The third-order valence-electron chi connectivity index (χ3n) is 3.51. The van der Waals surface area contributed by atoms with Gasteiger partial charge in [-0.15, -0.1) is 0 Å². The lowest BCUT2D eigenvalue weighted by molar-refractivity contribution is 0.0972. The minimum absolute atomic E-state index is 0.0706. The van der Waals surface area contributed by atoms with E-state index in [1.807, 2.05) is 0 Å². The molecule has 23 heavy (non-hydrogen) atoms. The lowest BCUT2D eigenvalue weighted by Crippen LogP contribution is -2.22. The van der Waals surface area contributed by atoms with Gasteiger partial charge in [0.1, 0.15) is 0 Å². The minimum Gasteiger partial charge on any atom is -0.506 e. The minimum atomic E-state index is -5.16. The molecule has 0 spiro atoms. The maximum Gasteiger partial charge on any atom is 0.302 e. The Hall–Kier alpha value is -2.91. The molecule has 118 valence electrons. The molecule has 0 heterocycles. The number of carbonyl (C=O) groups is 2. The Morgan fingerprint density at radius 3 is 1.61 bits per heavy atom. The lowest BCUT2D eigenvalue weighted by Gasteiger charge is -2.21. The highest BCUT2D eigenvalue weighted by Gasteiger charge is 2.40. The number of benzene rings is 2. The molecule has 0 atom stereocenters. The number of aromatic hydroxyl groups is 3. The van der Waals surface area contributed by atoms with Crippen molar-refractivity contribution in [3.8, 4) is 17.2 Å². The number of ketones is 2. The van der Waals surface area contributed by atoms with Crippen LogP contribution in [0.2, 0.25) is 0 Å². The topological polar surface area (TPSA) is 149 Å². The van der Waals surface area contributed by atoms with E-state index in [1.54, 1.807) is 0 Å². The van der Waals surface area contributed by atoms with Crippen molar-refractivity contribution in [3.05, 3.63) is 46.5 Å². The molecule has 0 fully saturated rings. The first-order chi connectivity index (χ1) is 10.7. The summed E-state index contributed by atoms with van der Waals surface area (Å²) in [6, 6.07) is 5.52. The molecule has 9 heteroatoms. The summed E-state index contributed by atoms with van der Waals surface area (Å²) in [6.45, 7) is 0. The predicted molar refractivity (Wildman–Crippen MR) is 74.6 cm³/mol. The first-order valence-corrected chi connectivity index (χ1v) is 7.57. The average Bonchev–Trinajstić information content (AvgIpc) is 2.47. The van der Waals surface area contributed by atoms with Crippen LogP contribution in [0, 0.1) is 0 Å². The van der Waals surface area contributed by atoms with Crippen molar-refractivity contribution >= 4 is 21.7 Å². The Labute approximate surface area is 129 Å². The van der Waals surface area contributed by atoms with E-state index >= 15 is 0 Å². The zero-order chi connectivity index (χ0) is 17.1. The largest absolute Gasteiger partial charge is 0.506 e. The molecule has 8 nitrogen and oxygen atoms in total. The van der Waals surface area contributed by atoms with Gasteiger partial charge in [-0.2, -0.15) is 8.42 Å². The van der Waals surface area contributed by atoms with Crippen LogP contribution >= 0.6 is 0 Å². The van der Waals surface area contributed by atoms with Crippen LogP contribution in [0.5, 0.6) is 17.2 Å². The van der Waals surface area contributed by atoms with Gasteiger partial charge in [0.25, 0.3) is 0 Å². The molecule has 0 aromatic heterocycles. The first kappa shape index (κ1) is 15.0. The van der Waals surface area contributed by atoms with E-state index in [1.165, 1.54) is 24.3 Å². The van der Waals surface area contributed by atoms with Crippen molar-refractivity contribution in [2.45, 2.75) is 4.90 Å². The van der Waals surface area contributed by atoms with Crippen molar-refractivity contribution < 1.29 is 37.9 Å². The second-order valence-electron chi connectivity index (χ2n) is 4.80. The second-order valence-corrected chi connectivity index (χ2v) is 6.16. The molecule has 2 aromatic rings. The highest BCUT2D eigenvalue weighted by Crippen LogP contribution is 2.48. The van der Waals surface area contributed by atoms with Gasteiger partial charge in [0.05, 0.1) is 11.1 Å². The number of phenolic OH excluding ortho intramolecular Hbond substituents is 3. The summed E-state index contributed by atoms with van der Waals surface area (Å²) in [5, 5.41) is 29.6. The van der Waals surface area contributed by atoms with Crippen LogP contribution in [0.3, 0.4) is 0 Å². The van der Waals surface area contributed by atoms with Crippen LogP contribution in [0.25, 0.3) is 0 Å². The molecule has 0 saturated carbocycles. The molecule has 1 aliphatic carbocycles. The van der Waals surface area contributed by atoms with Crippen molar-refractivity contribution in [3.63, 3.8) is 0 Å². The molecule has 2 aromatic carbocycles. The second kappa shape index (κ2) is 4.54. The summed E-state index contributed by atoms with van der Waals surface area (Å²) in [7, 11) is -5.16. The fourth-order valence-electron chi connectivity index (χ4n) is 2.52. The Kier molecular flexibility index (Phi) is 2.96. The number of phenols is 3. The van der Waals surface area contributed by atoms with Gasteiger partial charge in [0.15, 0.2) is 33.7 Å². The van der Waals surface area contributed by atoms with E-state index in [9.17, 15) is 33.3 Å². The number of rotatable bonds is 1. The number of carbonyl (C=O) groups excluding carboxylic acids is 2. The van der Waals surface area contributed by atoms with Gasteiger partial charge in [0.2, 0.25) is 0 Å². The smallest absolute Gasteiger partial charge is 0.302 e. The van der Waals surface area contributed by atoms with E-state index in [2.05, 4.69) is 0 Å². The van der Waals surface area contributed by atoms with Crippen LogP contribution in [0.1, 0.15) is 31.8 Å². The van der Waals surface area contributed by atoms with Crippen LogP contribution in [0.15, 0.2) is 29.2 Å². The molecule has 0 amide bonds. The van der Waals surface area contributed by atoms with Crippen LogP contribution < -0.4 is 0 Å². The molecule has 0 radical (unpaired) electrons. The molecule has 0 bridgehead atoms. The summed E-state index contributed by atoms with van der Waals surface area (Å²) < 4.78 is 31.6. The standard InChI is InChI=1S/C14H8O8S/c15-9-5-3-1-2-4-6(5)10(16)8-7(9)11(17)13(19)14(12(8)18)23(20,21)22/h1-4,17-19H,(H,20,21,22). The van der Waals surface area contributed by atoms with Gasteiger partial charge in [-0.05, 0) is 0 Å².